The van der Waals surface area contributed by atoms with Crippen LogP contribution in [-0.2, 0) is 4.74 Å². The predicted octanol–water partition coefficient (Wildman–Crippen LogP) is 9.61. The molecule has 43 heavy (non-hydrogen) atoms. The lowest BCUT2D eigenvalue weighted by molar-refractivity contribution is -0.0683. The number of fused-ring (bicyclic) bond motifs is 1. The number of allylic oxidation sites excluding steroid dienone is 16. The van der Waals surface area contributed by atoms with Gasteiger partial charge < -0.3 is 14.9 Å². The van der Waals surface area contributed by atoms with Crippen molar-refractivity contribution in [2.45, 2.75) is 112 Å². The van der Waals surface area contributed by atoms with Crippen LogP contribution in [-0.4, -0.2) is 34.1 Å². The second kappa shape index (κ2) is 14.4. The topological polar surface area (TPSA) is 49.7 Å². The first-order chi connectivity index (χ1) is 20.0. The molecule has 5 atom stereocenters. The molecule has 234 valence electrons. The average molecular weight is 585 g/mol. The zero-order chi connectivity index (χ0) is 32.0. The van der Waals surface area contributed by atoms with Crippen LogP contribution in [0.15, 0.2) is 119 Å². The van der Waals surface area contributed by atoms with Crippen LogP contribution in [0.2, 0.25) is 0 Å². The number of ether oxygens (including phenoxy) is 1. The molecule has 0 aromatic carbocycles. The second-order valence-electron chi connectivity index (χ2n) is 14.5. The Bertz CT molecular complexity index is 1320. The van der Waals surface area contributed by atoms with E-state index in [-0.39, 0.29) is 34.7 Å². The molecule has 0 amide bonds. The normalized spacial score (nSPS) is 32.3. The summed E-state index contributed by atoms with van der Waals surface area (Å²) in [6.45, 7) is 21.6. The first kappa shape index (κ1) is 34.8. The highest BCUT2D eigenvalue weighted by molar-refractivity contribution is 5.37. The smallest absolute Gasteiger partial charge is 0.0982 e. The third-order valence-corrected chi connectivity index (χ3v) is 9.16. The maximum absolute atomic E-state index is 10.4. The minimum Gasteiger partial charge on any atom is -0.393 e. The summed E-state index contributed by atoms with van der Waals surface area (Å²) < 4.78 is 6.46. The van der Waals surface area contributed by atoms with Gasteiger partial charge in [0.05, 0.1) is 23.9 Å². The van der Waals surface area contributed by atoms with Crippen LogP contribution in [0.5, 0.6) is 0 Å². The van der Waals surface area contributed by atoms with Crippen LogP contribution in [0.3, 0.4) is 0 Å². The van der Waals surface area contributed by atoms with Gasteiger partial charge in [-0.3, -0.25) is 0 Å². The molecule has 3 aliphatic rings. The molecule has 0 unspecified atom stereocenters. The molecule has 1 heterocycles. The number of hydrogen-bond donors (Lipinski definition) is 2. The maximum Gasteiger partial charge on any atom is 0.0982 e. The highest BCUT2D eigenvalue weighted by Gasteiger charge is 2.50. The Kier molecular flexibility index (Phi) is 11.6. The molecule has 0 spiro atoms. The molecule has 3 nitrogen and oxygen atoms in total. The van der Waals surface area contributed by atoms with Crippen molar-refractivity contribution in [1.82, 2.24) is 0 Å². The fourth-order valence-electron chi connectivity index (χ4n) is 7.04. The number of rotatable bonds is 9. The molecule has 0 aromatic rings. The first-order valence-electron chi connectivity index (χ1n) is 15.9. The molecule has 0 aromatic heterocycles. The van der Waals surface area contributed by atoms with E-state index in [2.05, 4.69) is 148 Å². The highest BCUT2D eigenvalue weighted by atomic mass is 16.5. The van der Waals surface area contributed by atoms with Gasteiger partial charge in [-0.2, -0.15) is 0 Å². The van der Waals surface area contributed by atoms with Crippen LogP contribution < -0.4 is 0 Å². The van der Waals surface area contributed by atoms with Crippen molar-refractivity contribution in [1.29, 1.82) is 0 Å². The third-order valence-electron chi connectivity index (χ3n) is 9.16. The molecule has 0 bridgehead atoms. The van der Waals surface area contributed by atoms with Crippen molar-refractivity contribution in [2.24, 2.45) is 16.7 Å². The molecule has 1 aliphatic heterocycles. The van der Waals surface area contributed by atoms with E-state index < -0.39 is 0 Å². The largest absolute Gasteiger partial charge is 0.393 e. The molecule has 2 aliphatic carbocycles. The summed E-state index contributed by atoms with van der Waals surface area (Å²) in [5, 5.41) is 20.5. The molecule has 1 fully saturated rings. The van der Waals surface area contributed by atoms with Gasteiger partial charge in [-0.05, 0) is 82.4 Å². The van der Waals surface area contributed by atoms with Crippen molar-refractivity contribution in [3.8, 4) is 0 Å². The van der Waals surface area contributed by atoms with E-state index in [0.29, 0.717) is 12.3 Å². The van der Waals surface area contributed by atoms with E-state index >= 15 is 0 Å². The fraction of sp³-hybridized carbons (Fsp3) is 0.500. The van der Waals surface area contributed by atoms with E-state index in [1.54, 1.807) is 0 Å². The monoisotopic (exact) mass is 584 g/mol. The molecule has 0 radical (unpaired) electrons. The summed E-state index contributed by atoms with van der Waals surface area (Å²) in [6.07, 6.45) is 31.3. The van der Waals surface area contributed by atoms with Crippen LogP contribution in [0, 0.1) is 16.7 Å². The molecular formula is C40H56O3. The van der Waals surface area contributed by atoms with E-state index in [0.717, 1.165) is 12.8 Å². The lowest BCUT2D eigenvalue weighted by Crippen LogP contribution is -2.45. The molecular weight excluding hydrogens is 528 g/mol. The van der Waals surface area contributed by atoms with Crippen molar-refractivity contribution in [3.05, 3.63) is 119 Å². The molecule has 3 rings (SSSR count). The van der Waals surface area contributed by atoms with Crippen LogP contribution in [0.1, 0.15) is 88.5 Å². The summed E-state index contributed by atoms with van der Waals surface area (Å²) in [4.78, 5) is 0. The Morgan fingerprint density at radius 1 is 0.744 bits per heavy atom. The minimum atomic E-state index is -0.382. The van der Waals surface area contributed by atoms with Gasteiger partial charge in [0.2, 0.25) is 0 Å². The van der Waals surface area contributed by atoms with Gasteiger partial charge >= 0.3 is 0 Å². The standard InChI is InChI=1S/C40H56O3/c1-28(17-13-18-30(3)21-22-35-32(5)23-33(41)25-38(35,6)7)15-11-12-16-29(2)19-14-20-31(4)36-24-37-39(8,9)26-34(42)27-40(37,10)43-36/h11-24,33-36,41-42H,25-27H2,1-10H3/b12-11+,17-13+,19-14+,22-21+,28-15+,29-16+,30-18+,31-20-/t33-,34+,35+,36+,40-/m1/s1. The van der Waals surface area contributed by atoms with Crippen molar-refractivity contribution in [2.75, 3.05) is 0 Å². The number of hydrogen-bond acceptors (Lipinski definition) is 3. The summed E-state index contributed by atoms with van der Waals surface area (Å²) in [5.41, 5.74) is 6.92. The molecule has 0 saturated heterocycles. The summed E-state index contributed by atoms with van der Waals surface area (Å²) in [7, 11) is 0. The number of aliphatic hydroxyl groups is 2. The fourth-order valence-corrected chi connectivity index (χ4v) is 7.04. The zero-order valence-electron chi connectivity index (χ0n) is 28.3. The number of aliphatic hydroxyl groups excluding tert-OH is 2. The molecule has 3 heteroatoms. The van der Waals surface area contributed by atoms with Gasteiger partial charge in [-0.25, -0.2) is 0 Å². The Labute approximate surface area is 262 Å². The lowest BCUT2D eigenvalue weighted by Gasteiger charge is -2.44. The summed E-state index contributed by atoms with van der Waals surface area (Å²) in [6, 6.07) is 0. The Morgan fingerprint density at radius 3 is 1.91 bits per heavy atom. The Hall–Kier alpha value is -2.72. The van der Waals surface area contributed by atoms with Gasteiger partial charge in [0, 0.05) is 12.3 Å². The molecule has 1 saturated carbocycles. The van der Waals surface area contributed by atoms with Crippen molar-refractivity contribution in [3.63, 3.8) is 0 Å². The lowest BCUT2D eigenvalue weighted by atomic mass is 9.65. The van der Waals surface area contributed by atoms with Crippen LogP contribution in [0.25, 0.3) is 0 Å². The third kappa shape index (κ3) is 9.63. The Balaban J connectivity index is 1.52. The van der Waals surface area contributed by atoms with E-state index in [1.807, 2.05) is 6.08 Å². The van der Waals surface area contributed by atoms with Gasteiger partial charge in [0.15, 0.2) is 0 Å². The van der Waals surface area contributed by atoms with Crippen molar-refractivity contribution < 1.29 is 14.9 Å². The Morgan fingerprint density at radius 2 is 1.30 bits per heavy atom. The summed E-state index contributed by atoms with van der Waals surface area (Å²) in [5.74, 6) is 0.344. The van der Waals surface area contributed by atoms with E-state index in [1.165, 1.54) is 33.4 Å². The predicted molar refractivity (Wildman–Crippen MR) is 184 cm³/mol. The highest BCUT2D eigenvalue weighted by Crippen LogP contribution is 2.52. The van der Waals surface area contributed by atoms with Crippen LogP contribution in [0.4, 0.5) is 0 Å². The van der Waals surface area contributed by atoms with Gasteiger partial charge in [0.25, 0.3) is 0 Å². The van der Waals surface area contributed by atoms with Gasteiger partial charge in [-0.1, -0.05) is 129 Å². The van der Waals surface area contributed by atoms with Crippen LogP contribution >= 0.6 is 0 Å². The quantitative estimate of drug-likeness (QED) is 0.210. The SMILES string of the molecule is CC1=C[C@@H](O)CC(C)(C)[C@H]1/C=C/C(C)=C/C=C/C(C)=C/C=C/C=C(C)/C=C/C=C(/C)[C@@H]1C=C2C(C)(C)C[C@H](O)C[C@@]2(C)O1. The maximum atomic E-state index is 10.4. The zero-order valence-corrected chi connectivity index (χ0v) is 28.3. The van der Waals surface area contributed by atoms with Gasteiger partial charge in [-0.15, -0.1) is 0 Å². The first-order valence-corrected chi connectivity index (χ1v) is 15.9. The van der Waals surface area contributed by atoms with Gasteiger partial charge in [0.1, 0.15) is 0 Å². The average Bonchev–Trinajstić information content (AvgIpc) is 3.23. The summed E-state index contributed by atoms with van der Waals surface area (Å²) >= 11 is 0. The van der Waals surface area contributed by atoms with Crippen molar-refractivity contribution >= 4 is 0 Å². The van der Waals surface area contributed by atoms with E-state index in [4.69, 9.17) is 4.74 Å². The van der Waals surface area contributed by atoms with E-state index in [9.17, 15) is 10.2 Å². The molecule has 2 N–H and O–H groups in total. The minimum absolute atomic E-state index is 0.0467. The second-order valence-corrected chi connectivity index (χ2v) is 14.5.